The summed E-state index contributed by atoms with van der Waals surface area (Å²) < 4.78 is 5.75. The van der Waals surface area contributed by atoms with Crippen LogP contribution in [-0.2, 0) is 6.42 Å². The highest BCUT2D eigenvalue weighted by molar-refractivity contribution is 5.39. The molecule has 0 saturated heterocycles. The van der Waals surface area contributed by atoms with Gasteiger partial charge in [0.15, 0.2) is 0 Å². The van der Waals surface area contributed by atoms with Crippen molar-refractivity contribution in [2.24, 2.45) is 11.1 Å². The Balaban J connectivity index is 1.99. The van der Waals surface area contributed by atoms with Crippen LogP contribution in [0, 0.1) is 16.7 Å². The molecule has 0 aromatic heterocycles. The third-order valence-corrected chi connectivity index (χ3v) is 3.78. The van der Waals surface area contributed by atoms with Crippen molar-refractivity contribution in [2.45, 2.75) is 45.6 Å². The fourth-order valence-electron chi connectivity index (χ4n) is 2.38. The van der Waals surface area contributed by atoms with Gasteiger partial charge in [0.25, 0.3) is 0 Å². The minimum absolute atomic E-state index is 0.142. The van der Waals surface area contributed by atoms with Crippen molar-refractivity contribution in [2.75, 3.05) is 6.61 Å². The molecule has 1 aliphatic rings. The van der Waals surface area contributed by atoms with Gasteiger partial charge in [0.05, 0.1) is 18.1 Å². The standard InChI is InChI=1S/C16H22N2O/c1-16(2,11-17)8-9-19-13-7-6-12-4-3-5-15(18)14(12)10-13/h6-7,10,15H,3-5,8-9,18H2,1-2H3. The first-order valence-corrected chi connectivity index (χ1v) is 6.94. The van der Waals surface area contributed by atoms with Gasteiger partial charge in [0.1, 0.15) is 5.75 Å². The van der Waals surface area contributed by atoms with Crippen molar-refractivity contribution < 1.29 is 4.74 Å². The van der Waals surface area contributed by atoms with E-state index in [4.69, 9.17) is 15.7 Å². The maximum absolute atomic E-state index is 8.96. The zero-order chi connectivity index (χ0) is 13.9. The van der Waals surface area contributed by atoms with Gasteiger partial charge < -0.3 is 10.5 Å². The summed E-state index contributed by atoms with van der Waals surface area (Å²) in [6.45, 7) is 4.42. The number of ether oxygens (including phenoxy) is 1. The van der Waals surface area contributed by atoms with E-state index in [2.05, 4.69) is 18.2 Å². The summed E-state index contributed by atoms with van der Waals surface area (Å²) >= 11 is 0. The van der Waals surface area contributed by atoms with Crippen LogP contribution in [0.4, 0.5) is 0 Å². The summed E-state index contributed by atoms with van der Waals surface area (Å²) in [5.74, 6) is 0.866. The predicted octanol–water partition coefficient (Wildman–Crippen LogP) is 3.34. The van der Waals surface area contributed by atoms with Crippen LogP contribution < -0.4 is 10.5 Å². The number of benzene rings is 1. The summed E-state index contributed by atoms with van der Waals surface area (Å²) in [5, 5.41) is 8.96. The molecule has 0 bridgehead atoms. The van der Waals surface area contributed by atoms with Gasteiger partial charge in [-0.3, -0.25) is 0 Å². The van der Waals surface area contributed by atoms with E-state index >= 15 is 0 Å². The smallest absolute Gasteiger partial charge is 0.119 e. The molecule has 2 rings (SSSR count). The maximum Gasteiger partial charge on any atom is 0.119 e. The molecule has 19 heavy (non-hydrogen) atoms. The van der Waals surface area contributed by atoms with Crippen LogP contribution in [-0.4, -0.2) is 6.61 Å². The molecule has 102 valence electrons. The molecule has 3 nitrogen and oxygen atoms in total. The highest BCUT2D eigenvalue weighted by Gasteiger charge is 2.18. The Bertz CT molecular complexity index is 488. The molecule has 2 N–H and O–H groups in total. The minimum atomic E-state index is -0.329. The van der Waals surface area contributed by atoms with E-state index in [9.17, 15) is 0 Å². The molecule has 3 heteroatoms. The number of hydrogen-bond donors (Lipinski definition) is 1. The van der Waals surface area contributed by atoms with Gasteiger partial charge in [-0.15, -0.1) is 0 Å². The first kappa shape index (κ1) is 13.9. The third-order valence-electron chi connectivity index (χ3n) is 3.78. The fourth-order valence-corrected chi connectivity index (χ4v) is 2.38. The third kappa shape index (κ3) is 3.48. The van der Waals surface area contributed by atoms with Gasteiger partial charge in [0, 0.05) is 6.04 Å². The molecule has 0 spiro atoms. The average molecular weight is 258 g/mol. The molecule has 0 radical (unpaired) electrons. The molecule has 1 unspecified atom stereocenters. The average Bonchev–Trinajstić information content (AvgIpc) is 2.39. The minimum Gasteiger partial charge on any atom is -0.494 e. The number of nitrogens with two attached hydrogens (primary N) is 1. The lowest BCUT2D eigenvalue weighted by atomic mass is 9.88. The molecule has 0 heterocycles. The first-order valence-electron chi connectivity index (χ1n) is 6.94. The van der Waals surface area contributed by atoms with Crippen LogP contribution in [0.15, 0.2) is 18.2 Å². The van der Waals surface area contributed by atoms with E-state index in [0.29, 0.717) is 6.61 Å². The fraction of sp³-hybridized carbons (Fsp3) is 0.562. The zero-order valence-corrected chi connectivity index (χ0v) is 11.8. The maximum atomic E-state index is 8.96. The SMILES string of the molecule is CC(C)(C#N)CCOc1ccc2c(c1)C(N)CCC2. The van der Waals surface area contributed by atoms with Gasteiger partial charge >= 0.3 is 0 Å². The van der Waals surface area contributed by atoms with E-state index < -0.39 is 0 Å². The molecule has 0 saturated carbocycles. The van der Waals surface area contributed by atoms with Gasteiger partial charge in [-0.05, 0) is 62.8 Å². The van der Waals surface area contributed by atoms with E-state index in [1.54, 1.807) is 0 Å². The van der Waals surface area contributed by atoms with Gasteiger partial charge in [-0.2, -0.15) is 5.26 Å². The summed E-state index contributed by atoms with van der Waals surface area (Å²) in [7, 11) is 0. The van der Waals surface area contributed by atoms with E-state index in [0.717, 1.165) is 25.0 Å². The summed E-state index contributed by atoms with van der Waals surface area (Å²) in [5.41, 5.74) is 8.38. The predicted molar refractivity (Wildman–Crippen MR) is 75.8 cm³/mol. The van der Waals surface area contributed by atoms with Crippen LogP contribution in [0.3, 0.4) is 0 Å². The monoisotopic (exact) mass is 258 g/mol. The molecule has 0 aliphatic heterocycles. The van der Waals surface area contributed by atoms with Gasteiger partial charge in [0.2, 0.25) is 0 Å². The van der Waals surface area contributed by atoms with Gasteiger partial charge in [-0.25, -0.2) is 0 Å². The largest absolute Gasteiger partial charge is 0.494 e. The van der Waals surface area contributed by atoms with Crippen molar-refractivity contribution >= 4 is 0 Å². The summed E-state index contributed by atoms with van der Waals surface area (Å²) in [4.78, 5) is 0. The highest BCUT2D eigenvalue weighted by atomic mass is 16.5. The summed E-state index contributed by atoms with van der Waals surface area (Å²) in [6, 6.07) is 8.63. The topological polar surface area (TPSA) is 59.0 Å². The molecular formula is C16H22N2O. The van der Waals surface area contributed by atoms with Crippen molar-refractivity contribution in [3.63, 3.8) is 0 Å². The normalized spacial score (nSPS) is 18.5. The highest BCUT2D eigenvalue weighted by Crippen LogP contribution is 2.31. The van der Waals surface area contributed by atoms with Crippen LogP contribution in [0.5, 0.6) is 5.75 Å². The lowest BCUT2D eigenvalue weighted by Gasteiger charge is -2.23. The van der Waals surface area contributed by atoms with E-state index in [-0.39, 0.29) is 11.5 Å². The molecule has 0 fully saturated rings. The van der Waals surface area contributed by atoms with Crippen LogP contribution in [0.25, 0.3) is 0 Å². The lowest BCUT2D eigenvalue weighted by Crippen LogP contribution is -2.17. The molecule has 1 aromatic carbocycles. The zero-order valence-electron chi connectivity index (χ0n) is 11.8. The number of hydrogen-bond acceptors (Lipinski definition) is 3. The lowest BCUT2D eigenvalue weighted by molar-refractivity contribution is 0.264. The molecule has 1 atom stereocenters. The number of nitriles is 1. The van der Waals surface area contributed by atoms with Crippen LogP contribution in [0.1, 0.15) is 50.3 Å². The quantitative estimate of drug-likeness (QED) is 0.901. The molecule has 1 aromatic rings. The summed E-state index contributed by atoms with van der Waals surface area (Å²) in [6.07, 6.45) is 4.07. The van der Waals surface area contributed by atoms with Crippen molar-refractivity contribution in [1.29, 1.82) is 5.26 Å². The Kier molecular flexibility index (Phi) is 4.11. The molecule has 1 aliphatic carbocycles. The van der Waals surface area contributed by atoms with E-state index in [1.165, 1.54) is 17.5 Å². The Morgan fingerprint density at radius 3 is 3.00 bits per heavy atom. The van der Waals surface area contributed by atoms with Crippen LogP contribution >= 0.6 is 0 Å². The Morgan fingerprint density at radius 1 is 1.47 bits per heavy atom. The Morgan fingerprint density at radius 2 is 2.26 bits per heavy atom. The number of aryl methyl sites for hydroxylation is 1. The number of fused-ring (bicyclic) bond motifs is 1. The van der Waals surface area contributed by atoms with Crippen molar-refractivity contribution in [1.82, 2.24) is 0 Å². The number of rotatable bonds is 4. The first-order chi connectivity index (χ1) is 9.02. The Hall–Kier alpha value is -1.53. The van der Waals surface area contributed by atoms with E-state index in [1.807, 2.05) is 19.9 Å². The molecule has 0 amide bonds. The second-order valence-electron chi connectivity index (χ2n) is 5.95. The van der Waals surface area contributed by atoms with Crippen molar-refractivity contribution in [3.8, 4) is 11.8 Å². The number of nitrogens with zero attached hydrogens (tertiary/aromatic N) is 1. The second-order valence-corrected chi connectivity index (χ2v) is 5.95. The Labute approximate surface area is 115 Å². The van der Waals surface area contributed by atoms with Gasteiger partial charge in [-0.1, -0.05) is 6.07 Å². The van der Waals surface area contributed by atoms with Crippen LogP contribution in [0.2, 0.25) is 0 Å². The molecular weight excluding hydrogens is 236 g/mol. The van der Waals surface area contributed by atoms with Crippen molar-refractivity contribution in [3.05, 3.63) is 29.3 Å². The second kappa shape index (κ2) is 5.63.